The van der Waals surface area contributed by atoms with Crippen LogP contribution in [-0.2, 0) is 26.3 Å². The summed E-state index contributed by atoms with van der Waals surface area (Å²) < 4.78 is 3.05. The third kappa shape index (κ3) is 2.08. The summed E-state index contributed by atoms with van der Waals surface area (Å²) in [6.45, 7) is 2.08. The van der Waals surface area contributed by atoms with Crippen molar-refractivity contribution in [3.63, 3.8) is 0 Å². The predicted molar refractivity (Wildman–Crippen MR) is 92.4 cm³/mol. The Labute approximate surface area is 144 Å². The fourth-order valence-corrected chi connectivity index (χ4v) is 4.68. The molecular formula is C18H17BrN4. The zero-order chi connectivity index (χ0) is 16.2. The SMILES string of the molecule is Cc1nn(C)c2c1CC1(CC2)Cc2ccc(Br)cc2C1=NC#N. The molecule has 0 aliphatic heterocycles. The van der Waals surface area contributed by atoms with Gasteiger partial charge in [0.25, 0.3) is 0 Å². The highest BCUT2D eigenvalue weighted by Gasteiger charge is 2.46. The van der Waals surface area contributed by atoms with Crippen molar-refractivity contribution >= 4 is 21.6 Å². The molecule has 0 bridgehead atoms. The van der Waals surface area contributed by atoms with Gasteiger partial charge in [-0.2, -0.15) is 15.4 Å². The van der Waals surface area contributed by atoms with Crippen LogP contribution in [0.1, 0.15) is 34.5 Å². The normalized spacial score (nSPS) is 23.8. The Balaban J connectivity index is 1.85. The van der Waals surface area contributed by atoms with Crippen LogP contribution in [0.5, 0.6) is 0 Å². The third-order valence-corrected chi connectivity index (χ3v) is 5.84. The van der Waals surface area contributed by atoms with E-state index in [1.165, 1.54) is 16.8 Å². The highest BCUT2D eigenvalue weighted by molar-refractivity contribution is 9.10. The van der Waals surface area contributed by atoms with Gasteiger partial charge in [-0.05, 0) is 55.9 Å². The fourth-order valence-electron chi connectivity index (χ4n) is 4.32. The Morgan fingerprint density at radius 2 is 2.22 bits per heavy atom. The maximum atomic E-state index is 9.22. The van der Waals surface area contributed by atoms with E-state index in [2.05, 4.69) is 51.1 Å². The Morgan fingerprint density at radius 3 is 3.00 bits per heavy atom. The maximum Gasteiger partial charge on any atom is 0.205 e. The second-order valence-electron chi connectivity index (χ2n) is 6.63. The number of rotatable bonds is 0. The zero-order valence-corrected chi connectivity index (χ0v) is 14.8. The van der Waals surface area contributed by atoms with Crippen LogP contribution >= 0.6 is 15.9 Å². The Hall–Kier alpha value is -1.93. The van der Waals surface area contributed by atoms with E-state index in [0.717, 1.165) is 47.1 Å². The molecule has 2 aliphatic rings. The van der Waals surface area contributed by atoms with E-state index in [-0.39, 0.29) is 5.41 Å². The number of nitrogens with zero attached hydrogens (tertiary/aromatic N) is 4. The van der Waals surface area contributed by atoms with E-state index < -0.39 is 0 Å². The minimum absolute atomic E-state index is 0.0559. The molecule has 0 radical (unpaired) electrons. The molecular weight excluding hydrogens is 352 g/mol. The number of benzene rings is 1. The van der Waals surface area contributed by atoms with Gasteiger partial charge >= 0.3 is 0 Å². The van der Waals surface area contributed by atoms with Crippen LogP contribution < -0.4 is 0 Å². The summed E-state index contributed by atoms with van der Waals surface area (Å²) in [5, 5.41) is 13.8. The van der Waals surface area contributed by atoms with Crippen molar-refractivity contribution in [2.24, 2.45) is 17.5 Å². The Morgan fingerprint density at radius 1 is 1.39 bits per heavy atom. The van der Waals surface area contributed by atoms with Gasteiger partial charge in [-0.1, -0.05) is 22.0 Å². The first-order valence-electron chi connectivity index (χ1n) is 7.81. The van der Waals surface area contributed by atoms with Crippen molar-refractivity contribution in [1.29, 1.82) is 5.26 Å². The number of hydrogen-bond acceptors (Lipinski definition) is 3. The first-order valence-corrected chi connectivity index (χ1v) is 8.61. The van der Waals surface area contributed by atoms with Crippen LogP contribution in [0, 0.1) is 23.8 Å². The molecule has 0 amide bonds. The lowest BCUT2D eigenvalue weighted by atomic mass is 9.69. The van der Waals surface area contributed by atoms with Gasteiger partial charge in [0.15, 0.2) is 0 Å². The molecule has 1 heterocycles. The molecule has 5 heteroatoms. The zero-order valence-electron chi connectivity index (χ0n) is 13.2. The quantitative estimate of drug-likeness (QED) is 0.668. The van der Waals surface area contributed by atoms with E-state index in [0.29, 0.717) is 0 Å². The second kappa shape index (κ2) is 5.04. The van der Waals surface area contributed by atoms with E-state index >= 15 is 0 Å². The molecule has 2 aromatic rings. The summed E-state index contributed by atoms with van der Waals surface area (Å²) in [5.41, 5.74) is 7.12. The molecule has 0 saturated carbocycles. The van der Waals surface area contributed by atoms with Crippen molar-refractivity contribution < 1.29 is 0 Å². The van der Waals surface area contributed by atoms with Crippen LogP contribution in [0.3, 0.4) is 0 Å². The number of fused-ring (bicyclic) bond motifs is 2. The van der Waals surface area contributed by atoms with Crippen LogP contribution in [-0.4, -0.2) is 15.5 Å². The predicted octanol–water partition coefficient (Wildman–Crippen LogP) is 3.49. The minimum atomic E-state index is -0.0559. The van der Waals surface area contributed by atoms with Crippen molar-refractivity contribution in [2.45, 2.75) is 32.6 Å². The third-order valence-electron chi connectivity index (χ3n) is 5.35. The summed E-state index contributed by atoms with van der Waals surface area (Å²) >= 11 is 3.55. The maximum absolute atomic E-state index is 9.22. The molecule has 116 valence electrons. The monoisotopic (exact) mass is 368 g/mol. The van der Waals surface area contributed by atoms with E-state index in [1.54, 1.807) is 0 Å². The highest BCUT2D eigenvalue weighted by Crippen LogP contribution is 2.47. The smallest absolute Gasteiger partial charge is 0.205 e. The summed E-state index contributed by atoms with van der Waals surface area (Å²) in [5.74, 6) is 0. The lowest BCUT2D eigenvalue weighted by Crippen LogP contribution is -2.35. The van der Waals surface area contributed by atoms with E-state index in [4.69, 9.17) is 0 Å². The Bertz CT molecular complexity index is 887. The van der Waals surface area contributed by atoms with Crippen molar-refractivity contribution in [3.05, 3.63) is 50.8 Å². The van der Waals surface area contributed by atoms with Gasteiger partial charge in [-0.3, -0.25) is 4.68 Å². The van der Waals surface area contributed by atoms with E-state index in [9.17, 15) is 5.26 Å². The van der Waals surface area contributed by atoms with Gasteiger partial charge in [0, 0.05) is 28.2 Å². The number of aromatic nitrogens is 2. The largest absolute Gasteiger partial charge is 0.272 e. The van der Waals surface area contributed by atoms with Gasteiger partial charge < -0.3 is 0 Å². The van der Waals surface area contributed by atoms with Crippen molar-refractivity contribution in [2.75, 3.05) is 0 Å². The first kappa shape index (κ1) is 14.6. The average Bonchev–Trinajstić information content (AvgIpc) is 2.96. The summed E-state index contributed by atoms with van der Waals surface area (Å²) in [6, 6.07) is 6.34. The van der Waals surface area contributed by atoms with Crippen molar-refractivity contribution in [3.8, 4) is 6.19 Å². The van der Waals surface area contributed by atoms with Gasteiger partial charge in [-0.25, -0.2) is 0 Å². The van der Waals surface area contributed by atoms with Crippen LogP contribution in [0.2, 0.25) is 0 Å². The number of halogens is 1. The molecule has 1 aromatic carbocycles. The number of nitriles is 1. The van der Waals surface area contributed by atoms with Crippen LogP contribution in [0.25, 0.3) is 0 Å². The summed E-state index contributed by atoms with van der Waals surface area (Å²) in [6.07, 6.45) is 5.94. The minimum Gasteiger partial charge on any atom is -0.272 e. The molecule has 1 unspecified atom stereocenters. The molecule has 0 N–H and O–H groups in total. The number of aryl methyl sites for hydroxylation is 2. The highest BCUT2D eigenvalue weighted by atomic mass is 79.9. The Kier molecular flexibility index (Phi) is 3.21. The topological polar surface area (TPSA) is 54.0 Å². The fraction of sp³-hybridized carbons (Fsp3) is 0.389. The van der Waals surface area contributed by atoms with Crippen LogP contribution in [0.4, 0.5) is 0 Å². The molecule has 1 atom stereocenters. The summed E-state index contributed by atoms with van der Waals surface area (Å²) in [7, 11) is 2.02. The summed E-state index contributed by atoms with van der Waals surface area (Å²) in [4.78, 5) is 4.27. The van der Waals surface area contributed by atoms with Crippen LogP contribution in [0.15, 0.2) is 27.7 Å². The molecule has 2 aliphatic carbocycles. The number of hydrogen-bond donors (Lipinski definition) is 0. The molecule has 1 aromatic heterocycles. The molecule has 0 saturated heterocycles. The van der Waals surface area contributed by atoms with Gasteiger partial charge in [0.05, 0.1) is 11.4 Å². The van der Waals surface area contributed by atoms with Crippen molar-refractivity contribution in [1.82, 2.24) is 9.78 Å². The lowest BCUT2D eigenvalue weighted by molar-refractivity contribution is 0.366. The molecule has 1 spiro atoms. The number of aliphatic imine (C=N–C) groups is 1. The standard InChI is InChI=1S/C18H17BrN4/c1-11-15-9-18(6-5-16(15)23(2)22-11)8-12-3-4-13(19)7-14(12)17(18)21-10-20/h3-4,7H,5-6,8-9H2,1-2H3. The van der Waals surface area contributed by atoms with Gasteiger partial charge in [-0.15, -0.1) is 0 Å². The second-order valence-corrected chi connectivity index (χ2v) is 7.55. The molecule has 0 fully saturated rings. The molecule has 23 heavy (non-hydrogen) atoms. The molecule has 4 nitrogen and oxygen atoms in total. The van der Waals surface area contributed by atoms with Gasteiger partial charge in [0.1, 0.15) is 0 Å². The average molecular weight is 369 g/mol. The first-order chi connectivity index (χ1) is 11.0. The van der Waals surface area contributed by atoms with Gasteiger partial charge in [0.2, 0.25) is 6.19 Å². The molecule has 4 rings (SSSR count). The van der Waals surface area contributed by atoms with E-state index in [1.807, 2.05) is 17.9 Å². The lowest BCUT2D eigenvalue weighted by Gasteiger charge is -2.34.